The Labute approximate surface area is 85.0 Å². The van der Waals surface area contributed by atoms with Crippen LogP contribution >= 0.6 is 0 Å². The molecule has 0 unspecified atom stereocenters. The highest BCUT2D eigenvalue weighted by Crippen LogP contribution is 2.16. The van der Waals surface area contributed by atoms with Crippen LogP contribution in [0.5, 0.6) is 0 Å². The molecule has 0 aliphatic heterocycles. The van der Waals surface area contributed by atoms with E-state index in [-0.39, 0.29) is 17.9 Å². The minimum atomic E-state index is -1.20. The maximum Gasteiger partial charge on any atom is 0.352 e. The van der Waals surface area contributed by atoms with E-state index in [0.717, 1.165) is 6.07 Å². The van der Waals surface area contributed by atoms with E-state index in [0.29, 0.717) is 6.61 Å². The van der Waals surface area contributed by atoms with Crippen LogP contribution < -0.4 is 0 Å². The Hall–Kier alpha value is -1.89. The number of carboxylic acid groups (broad SMARTS) is 1. The van der Waals surface area contributed by atoms with Crippen LogP contribution in [0.1, 0.15) is 10.5 Å². The number of aromatic nitrogens is 1. The van der Waals surface area contributed by atoms with E-state index in [1.165, 1.54) is 17.9 Å². The number of carboxylic acids is 1. The van der Waals surface area contributed by atoms with E-state index < -0.39 is 10.9 Å². The normalized spacial score (nSPS) is 10.2. The molecule has 1 aromatic rings. The van der Waals surface area contributed by atoms with Crippen molar-refractivity contribution >= 4 is 11.7 Å². The second-order valence-corrected chi connectivity index (χ2v) is 2.83. The number of ether oxygens (including phenoxy) is 1. The van der Waals surface area contributed by atoms with Gasteiger partial charge in [-0.25, -0.2) is 4.79 Å². The van der Waals surface area contributed by atoms with Crippen molar-refractivity contribution in [1.29, 1.82) is 0 Å². The van der Waals surface area contributed by atoms with Gasteiger partial charge in [-0.15, -0.1) is 0 Å². The molecule has 7 nitrogen and oxygen atoms in total. The summed E-state index contributed by atoms with van der Waals surface area (Å²) >= 11 is 0. The third-order valence-electron chi connectivity index (χ3n) is 1.85. The second-order valence-electron chi connectivity index (χ2n) is 2.83. The molecule has 82 valence electrons. The van der Waals surface area contributed by atoms with E-state index in [1.807, 2.05) is 0 Å². The van der Waals surface area contributed by atoms with Crippen molar-refractivity contribution in [2.45, 2.75) is 6.54 Å². The first-order chi connectivity index (χ1) is 7.06. The molecular formula is C8H10N2O5. The highest BCUT2D eigenvalue weighted by Gasteiger charge is 2.18. The van der Waals surface area contributed by atoms with Crippen molar-refractivity contribution in [3.63, 3.8) is 0 Å². The smallest absolute Gasteiger partial charge is 0.352 e. The predicted octanol–water partition coefficient (Wildman–Crippen LogP) is 0.741. The third kappa shape index (κ3) is 2.53. The molecule has 0 bridgehead atoms. The summed E-state index contributed by atoms with van der Waals surface area (Å²) in [5.74, 6) is -1.20. The molecule has 7 heteroatoms. The quantitative estimate of drug-likeness (QED) is 0.576. The van der Waals surface area contributed by atoms with Gasteiger partial charge in [0.15, 0.2) is 0 Å². The monoisotopic (exact) mass is 214 g/mol. The van der Waals surface area contributed by atoms with E-state index >= 15 is 0 Å². The summed E-state index contributed by atoms with van der Waals surface area (Å²) in [6, 6.07) is 1.03. The molecule has 0 aliphatic carbocycles. The summed E-state index contributed by atoms with van der Waals surface area (Å²) in [4.78, 5) is 20.5. The van der Waals surface area contributed by atoms with Crippen molar-refractivity contribution < 1.29 is 19.6 Å². The van der Waals surface area contributed by atoms with Gasteiger partial charge in [-0.2, -0.15) is 0 Å². The zero-order chi connectivity index (χ0) is 11.4. The summed E-state index contributed by atoms with van der Waals surface area (Å²) in [5, 5.41) is 19.2. The van der Waals surface area contributed by atoms with Crippen molar-refractivity contribution in [3.05, 3.63) is 28.1 Å². The molecule has 0 saturated heterocycles. The predicted molar refractivity (Wildman–Crippen MR) is 49.9 cm³/mol. The van der Waals surface area contributed by atoms with Crippen LogP contribution in [0.4, 0.5) is 5.69 Å². The van der Waals surface area contributed by atoms with Gasteiger partial charge in [0.2, 0.25) is 0 Å². The summed E-state index contributed by atoms with van der Waals surface area (Å²) in [5.41, 5.74) is -0.345. The van der Waals surface area contributed by atoms with E-state index in [9.17, 15) is 14.9 Å². The van der Waals surface area contributed by atoms with Gasteiger partial charge in [-0.05, 0) is 0 Å². The molecule has 0 radical (unpaired) electrons. The van der Waals surface area contributed by atoms with Crippen LogP contribution in [0, 0.1) is 10.1 Å². The van der Waals surface area contributed by atoms with Gasteiger partial charge in [0.1, 0.15) is 5.69 Å². The van der Waals surface area contributed by atoms with Gasteiger partial charge in [-0.3, -0.25) is 10.1 Å². The number of hydrogen-bond acceptors (Lipinski definition) is 4. The highest BCUT2D eigenvalue weighted by molar-refractivity contribution is 5.86. The van der Waals surface area contributed by atoms with E-state index in [2.05, 4.69) is 0 Å². The zero-order valence-electron chi connectivity index (χ0n) is 8.04. The molecule has 0 spiro atoms. The summed E-state index contributed by atoms with van der Waals surface area (Å²) in [7, 11) is 1.47. The summed E-state index contributed by atoms with van der Waals surface area (Å²) in [6.07, 6.45) is 1.18. The second kappa shape index (κ2) is 4.56. The molecule has 0 aliphatic rings. The fourth-order valence-corrected chi connectivity index (χ4v) is 1.15. The number of carbonyl (C=O) groups is 1. The SMILES string of the molecule is COCCn1cc([N+](=O)[O-])cc1C(=O)O. The number of methoxy groups -OCH3 is 1. The largest absolute Gasteiger partial charge is 0.477 e. The minimum Gasteiger partial charge on any atom is -0.477 e. The van der Waals surface area contributed by atoms with Gasteiger partial charge in [0.25, 0.3) is 5.69 Å². The van der Waals surface area contributed by atoms with Crippen molar-refractivity contribution in [2.75, 3.05) is 13.7 Å². The van der Waals surface area contributed by atoms with Gasteiger partial charge in [0, 0.05) is 19.7 Å². The first kappa shape index (κ1) is 11.2. The van der Waals surface area contributed by atoms with Crippen LogP contribution in [0.25, 0.3) is 0 Å². The molecule has 0 saturated carbocycles. The average molecular weight is 214 g/mol. The Morgan fingerprint density at radius 2 is 2.40 bits per heavy atom. The lowest BCUT2D eigenvalue weighted by atomic mass is 10.4. The van der Waals surface area contributed by atoms with Crippen molar-refractivity contribution in [3.8, 4) is 0 Å². The molecular weight excluding hydrogens is 204 g/mol. The molecule has 0 amide bonds. The first-order valence-electron chi connectivity index (χ1n) is 4.13. The molecule has 1 N–H and O–H groups in total. The van der Waals surface area contributed by atoms with Crippen LogP contribution in [-0.4, -0.2) is 34.3 Å². The number of rotatable bonds is 5. The molecule has 0 fully saturated rings. The van der Waals surface area contributed by atoms with Gasteiger partial charge in [0.05, 0.1) is 17.7 Å². The average Bonchev–Trinajstić information content (AvgIpc) is 2.58. The molecule has 0 aromatic carbocycles. The summed E-state index contributed by atoms with van der Waals surface area (Å²) in [6.45, 7) is 0.568. The fraction of sp³-hybridized carbons (Fsp3) is 0.375. The molecule has 1 rings (SSSR count). The lowest BCUT2D eigenvalue weighted by Gasteiger charge is -2.03. The lowest BCUT2D eigenvalue weighted by Crippen LogP contribution is -2.10. The molecule has 0 atom stereocenters. The van der Waals surface area contributed by atoms with Crippen LogP contribution in [0.15, 0.2) is 12.3 Å². The minimum absolute atomic E-state index is 0.112. The standard InChI is InChI=1S/C8H10N2O5/c1-15-3-2-9-5-6(10(13)14)4-7(9)8(11)12/h4-5H,2-3H2,1H3,(H,11,12). The molecule has 15 heavy (non-hydrogen) atoms. The van der Waals surface area contributed by atoms with Crippen LogP contribution in [0.2, 0.25) is 0 Å². The lowest BCUT2D eigenvalue weighted by molar-refractivity contribution is -0.384. The van der Waals surface area contributed by atoms with Gasteiger partial charge < -0.3 is 14.4 Å². The van der Waals surface area contributed by atoms with Crippen LogP contribution in [-0.2, 0) is 11.3 Å². The first-order valence-corrected chi connectivity index (χ1v) is 4.13. The van der Waals surface area contributed by atoms with Gasteiger partial charge >= 0.3 is 5.97 Å². The number of aromatic carboxylic acids is 1. The topological polar surface area (TPSA) is 94.6 Å². The number of nitrogens with zero attached hydrogens (tertiary/aromatic N) is 2. The van der Waals surface area contributed by atoms with Crippen molar-refractivity contribution in [2.24, 2.45) is 0 Å². The fourth-order valence-electron chi connectivity index (χ4n) is 1.15. The highest BCUT2D eigenvalue weighted by atomic mass is 16.6. The molecule has 1 heterocycles. The number of nitro groups is 1. The Morgan fingerprint density at radius 3 is 2.87 bits per heavy atom. The molecule has 1 aromatic heterocycles. The Morgan fingerprint density at radius 1 is 1.73 bits per heavy atom. The Kier molecular flexibility index (Phi) is 3.40. The van der Waals surface area contributed by atoms with Crippen molar-refractivity contribution in [1.82, 2.24) is 4.57 Å². The van der Waals surface area contributed by atoms with E-state index in [1.54, 1.807) is 0 Å². The van der Waals surface area contributed by atoms with E-state index in [4.69, 9.17) is 9.84 Å². The maximum absolute atomic E-state index is 10.7. The zero-order valence-corrected chi connectivity index (χ0v) is 8.04. The third-order valence-corrected chi connectivity index (χ3v) is 1.85. The number of hydrogen-bond donors (Lipinski definition) is 1. The Bertz CT molecular complexity index is 384. The Balaban J connectivity index is 3.00. The summed E-state index contributed by atoms with van der Waals surface area (Å²) < 4.78 is 6.05. The maximum atomic E-state index is 10.7. The van der Waals surface area contributed by atoms with Gasteiger partial charge in [-0.1, -0.05) is 0 Å². The van der Waals surface area contributed by atoms with Crippen LogP contribution in [0.3, 0.4) is 0 Å².